The molecule has 0 aliphatic carbocycles. The Morgan fingerprint density at radius 1 is 1.08 bits per heavy atom. The van der Waals surface area contributed by atoms with Gasteiger partial charge in [-0.05, 0) is 37.1 Å². The summed E-state index contributed by atoms with van der Waals surface area (Å²) in [6.45, 7) is 10.4. The molecule has 1 aromatic heterocycles. The molecule has 37 heavy (non-hydrogen) atoms. The average molecular weight is 506 g/mol. The Morgan fingerprint density at radius 3 is 2.46 bits per heavy atom. The molecule has 0 bridgehead atoms. The van der Waals surface area contributed by atoms with Crippen LogP contribution in [0, 0.1) is 17.0 Å². The third kappa shape index (κ3) is 7.25. The molecule has 0 atom stereocenters. The molecular formula is C28H35N5O4. The van der Waals surface area contributed by atoms with Gasteiger partial charge < -0.3 is 10.2 Å². The quantitative estimate of drug-likeness (QED) is 0.217. The van der Waals surface area contributed by atoms with Gasteiger partial charge in [-0.1, -0.05) is 58.7 Å². The highest BCUT2D eigenvalue weighted by molar-refractivity contribution is 5.99. The summed E-state index contributed by atoms with van der Waals surface area (Å²) in [4.78, 5) is 38.6. The number of hydrogen-bond acceptors (Lipinski definition) is 5. The number of hydrogen-bond donors (Lipinski definition) is 1. The van der Waals surface area contributed by atoms with Crippen LogP contribution in [0.1, 0.15) is 68.6 Å². The van der Waals surface area contributed by atoms with E-state index in [2.05, 4.69) is 33.0 Å². The number of non-ortho nitro benzene ring substituents is 1. The zero-order valence-corrected chi connectivity index (χ0v) is 22.2. The number of amides is 2. The molecule has 0 fully saturated rings. The molecule has 9 heteroatoms. The highest BCUT2D eigenvalue weighted by atomic mass is 16.6. The van der Waals surface area contributed by atoms with E-state index in [1.165, 1.54) is 29.2 Å². The minimum Gasteiger partial charge on any atom is -0.329 e. The first-order chi connectivity index (χ1) is 17.5. The largest absolute Gasteiger partial charge is 0.329 e. The van der Waals surface area contributed by atoms with Crippen LogP contribution < -0.4 is 5.32 Å². The molecule has 1 N–H and O–H groups in total. The van der Waals surface area contributed by atoms with Crippen molar-refractivity contribution in [1.29, 1.82) is 0 Å². The van der Waals surface area contributed by atoms with Crippen molar-refractivity contribution in [2.24, 2.45) is 0 Å². The number of aryl methyl sites for hydroxylation is 1. The molecule has 0 saturated carbocycles. The van der Waals surface area contributed by atoms with Gasteiger partial charge in [-0.3, -0.25) is 19.7 Å². The molecule has 9 nitrogen and oxygen atoms in total. The van der Waals surface area contributed by atoms with Crippen LogP contribution in [0.15, 0.2) is 54.6 Å². The number of unbranched alkanes of at least 4 members (excludes halogenated alkanes) is 2. The lowest BCUT2D eigenvalue weighted by Gasteiger charge is -2.22. The van der Waals surface area contributed by atoms with Crippen LogP contribution in [0.4, 0.5) is 11.5 Å². The summed E-state index contributed by atoms with van der Waals surface area (Å²) in [6, 6.07) is 15.3. The summed E-state index contributed by atoms with van der Waals surface area (Å²) >= 11 is 0. The maximum atomic E-state index is 13.3. The average Bonchev–Trinajstić information content (AvgIpc) is 3.27. The summed E-state index contributed by atoms with van der Waals surface area (Å²) < 4.78 is 1.70. The number of nitrogens with zero attached hydrogens (tertiary/aromatic N) is 4. The fourth-order valence-corrected chi connectivity index (χ4v) is 3.89. The van der Waals surface area contributed by atoms with Crippen molar-refractivity contribution < 1.29 is 14.5 Å². The highest BCUT2D eigenvalue weighted by Crippen LogP contribution is 2.26. The summed E-state index contributed by atoms with van der Waals surface area (Å²) in [5.74, 6) is -0.279. The zero-order chi connectivity index (χ0) is 27.2. The van der Waals surface area contributed by atoms with E-state index in [0.29, 0.717) is 12.4 Å². The Bertz CT molecular complexity index is 1280. The summed E-state index contributed by atoms with van der Waals surface area (Å²) in [5, 5.41) is 18.9. The second-order valence-corrected chi connectivity index (χ2v) is 10.2. The van der Waals surface area contributed by atoms with Crippen molar-refractivity contribution in [3.8, 4) is 5.69 Å². The monoisotopic (exact) mass is 505 g/mol. The van der Waals surface area contributed by atoms with Crippen molar-refractivity contribution in [2.75, 3.05) is 18.4 Å². The van der Waals surface area contributed by atoms with E-state index in [4.69, 9.17) is 5.10 Å². The molecule has 3 aromatic rings. The lowest BCUT2D eigenvalue weighted by atomic mass is 9.92. The van der Waals surface area contributed by atoms with Gasteiger partial charge in [0.25, 0.3) is 11.6 Å². The molecule has 3 rings (SSSR count). The molecule has 0 unspecified atom stereocenters. The predicted molar refractivity (Wildman–Crippen MR) is 144 cm³/mol. The molecule has 2 aromatic carbocycles. The zero-order valence-electron chi connectivity index (χ0n) is 22.2. The van der Waals surface area contributed by atoms with Gasteiger partial charge >= 0.3 is 0 Å². The van der Waals surface area contributed by atoms with Gasteiger partial charge in [-0.2, -0.15) is 5.10 Å². The van der Waals surface area contributed by atoms with Gasteiger partial charge in [0.05, 0.1) is 16.3 Å². The Balaban J connectivity index is 1.87. The van der Waals surface area contributed by atoms with Crippen molar-refractivity contribution in [3.05, 3.63) is 81.5 Å². The molecule has 0 radical (unpaired) electrons. The van der Waals surface area contributed by atoms with Crippen LogP contribution in [0.25, 0.3) is 5.69 Å². The summed E-state index contributed by atoms with van der Waals surface area (Å²) in [7, 11) is 0. The van der Waals surface area contributed by atoms with Gasteiger partial charge in [-0.25, -0.2) is 4.68 Å². The van der Waals surface area contributed by atoms with Crippen LogP contribution in [0.3, 0.4) is 0 Å². The topological polar surface area (TPSA) is 110 Å². The fraction of sp³-hybridized carbons (Fsp3) is 0.393. The SMILES string of the molecule is CCCCCN(CC(=O)Nc1cc(C(C)(C)C)nn1-c1cccc(C)c1)C(=O)c1cccc([N+](=O)[O-])c1. The Hall–Kier alpha value is -4.01. The van der Waals surface area contributed by atoms with Gasteiger partial charge in [0.15, 0.2) is 0 Å². The molecule has 2 amide bonds. The van der Waals surface area contributed by atoms with Crippen molar-refractivity contribution in [1.82, 2.24) is 14.7 Å². The minimum atomic E-state index is -0.538. The number of nitro groups is 1. The number of carbonyl (C=O) groups is 2. The van der Waals surface area contributed by atoms with Crippen LogP contribution in [0.5, 0.6) is 0 Å². The molecule has 0 spiro atoms. The lowest BCUT2D eigenvalue weighted by molar-refractivity contribution is -0.384. The molecular weight excluding hydrogens is 470 g/mol. The third-order valence-corrected chi connectivity index (χ3v) is 5.95. The van der Waals surface area contributed by atoms with Crippen LogP contribution in [-0.2, 0) is 10.2 Å². The van der Waals surface area contributed by atoms with E-state index in [1.54, 1.807) is 4.68 Å². The maximum absolute atomic E-state index is 13.3. The maximum Gasteiger partial charge on any atom is 0.270 e. The van der Waals surface area contributed by atoms with E-state index in [1.807, 2.05) is 37.3 Å². The number of nitro benzene ring substituents is 1. The first kappa shape index (κ1) is 27.6. The van der Waals surface area contributed by atoms with Crippen molar-refractivity contribution in [3.63, 3.8) is 0 Å². The van der Waals surface area contributed by atoms with Gasteiger partial charge in [0.2, 0.25) is 5.91 Å². The Kier molecular flexibility index (Phi) is 8.81. The number of carbonyl (C=O) groups excluding carboxylic acids is 2. The van der Waals surface area contributed by atoms with Crippen molar-refractivity contribution in [2.45, 2.75) is 59.3 Å². The molecule has 196 valence electrons. The molecule has 0 aliphatic rings. The van der Waals surface area contributed by atoms with E-state index in [9.17, 15) is 19.7 Å². The van der Waals surface area contributed by atoms with E-state index >= 15 is 0 Å². The minimum absolute atomic E-state index is 0.166. The fourth-order valence-electron chi connectivity index (χ4n) is 3.89. The molecule has 0 saturated heterocycles. The Labute approximate surface area is 217 Å². The van der Waals surface area contributed by atoms with E-state index in [0.717, 1.165) is 36.2 Å². The lowest BCUT2D eigenvalue weighted by Crippen LogP contribution is -2.39. The van der Waals surface area contributed by atoms with Crippen LogP contribution >= 0.6 is 0 Å². The number of benzene rings is 2. The summed E-state index contributed by atoms with van der Waals surface area (Å²) in [6.07, 6.45) is 2.57. The number of aromatic nitrogens is 2. The van der Waals surface area contributed by atoms with Gasteiger partial charge in [-0.15, -0.1) is 0 Å². The third-order valence-electron chi connectivity index (χ3n) is 5.95. The second kappa shape index (κ2) is 11.8. The van der Waals surface area contributed by atoms with Gasteiger partial charge in [0.1, 0.15) is 12.4 Å². The normalized spacial score (nSPS) is 11.3. The second-order valence-electron chi connectivity index (χ2n) is 10.2. The summed E-state index contributed by atoms with van der Waals surface area (Å²) in [5.41, 5.74) is 2.47. The standard InChI is InChI=1S/C28H35N5O4/c1-6-7-8-15-31(27(35)21-12-10-14-23(17-21)33(36)37)19-26(34)29-25-18-24(28(3,4)5)30-32(25)22-13-9-11-20(2)16-22/h9-14,16-18H,6-8,15,19H2,1-5H3,(H,29,34). The molecule has 1 heterocycles. The van der Waals surface area contributed by atoms with E-state index in [-0.39, 0.29) is 29.1 Å². The number of nitrogens with one attached hydrogen (secondary N) is 1. The highest BCUT2D eigenvalue weighted by Gasteiger charge is 2.24. The van der Waals surface area contributed by atoms with Gasteiger partial charge in [0, 0.05) is 35.7 Å². The number of rotatable bonds is 10. The first-order valence-corrected chi connectivity index (χ1v) is 12.5. The van der Waals surface area contributed by atoms with Crippen LogP contribution in [-0.4, -0.2) is 44.5 Å². The van der Waals surface area contributed by atoms with E-state index < -0.39 is 10.8 Å². The van der Waals surface area contributed by atoms with Crippen molar-refractivity contribution >= 4 is 23.3 Å². The predicted octanol–water partition coefficient (Wildman–Crippen LogP) is 5.66. The number of anilines is 1. The smallest absolute Gasteiger partial charge is 0.270 e. The molecule has 0 aliphatic heterocycles. The first-order valence-electron chi connectivity index (χ1n) is 12.5. The Morgan fingerprint density at radius 2 is 1.81 bits per heavy atom. The van der Waals surface area contributed by atoms with Crippen LogP contribution in [0.2, 0.25) is 0 Å².